The van der Waals surface area contributed by atoms with Gasteiger partial charge in [-0.3, -0.25) is 0 Å². The highest BCUT2D eigenvalue weighted by atomic mass is 19.1. The van der Waals surface area contributed by atoms with Crippen LogP contribution in [0.4, 0.5) is 21.8 Å². The zero-order valence-corrected chi connectivity index (χ0v) is 9.66. The van der Waals surface area contributed by atoms with E-state index in [4.69, 9.17) is 0 Å². The van der Waals surface area contributed by atoms with Crippen molar-refractivity contribution >= 4 is 17.5 Å². The minimum Gasteiger partial charge on any atom is -0.357 e. The van der Waals surface area contributed by atoms with Crippen LogP contribution >= 0.6 is 0 Å². The molecule has 0 bridgehead atoms. The molecule has 88 valence electrons. The van der Waals surface area contributed by atoms with Crippen LogP contribution in [0.3, 0.4) is 0 Å². The second-order valence-corrected chi connectivity index (χ2v) is 3.58. The Morgan fingerprint density at radius 3 is 2.71 bits per heavy atom. The SMILES string of the molecule is CNc1ncc(F)c(Nc2ccccc2C)n1. The normalized spacial score (nSPS) is 10.1. The molecule has 0 amide bonds. The van der Waals surface area contributed by atoms with Crippen molar-refractivity contribution in [2.75, 3.05) is 17.7 Å². The van der Waals surface area contributed by atoms with E-state index in [0.29, 0.717) is 5.95 Å². The summed E-state index contributed by atoms with van der Waals surface area (Å²) in [6, 6.07) is 7.62. The smallest absolute Gasteiger partial charge is 0.224 e. The highest BCUT2D eigenvalue weighted by Crippen LogP contribution is 2.21. The van der Waals surface area contributed by atoms with E-state index >= 15 is 0 Å². The Hall–Kier alpha value is -2.17. The van der Waals surface area contributed by atoms with Gasteiger partial charge >= 0.3 is 0 Å². The van der Waals surface area contributed by atoms with Gasteiger partial charge in [0.2, 0.25) is 5.95 Å². The fraction of sp³-hybridized carbons (Fsp3) is 0.167. The number of aromatic nitrogens is 2. The van der Waals surface area contributed by atoms with E-state index in [1.165, 1.54) is 0 Å². The summed E-state index contributed by atoms with van der Waals surface area (Å²) in [5.74, 6) is 0.0633. The third kappa shape index (κ3) is 2.50. The molecule has 0 saturated carbocycles. The van der Waals surface area contributed by atoms with Crippen LogP contribution in [0, 0.1) is 12.7 Å². The molecular weight excluding hydrogens is 219 g/mol. The predicted molar refractivity (Wildman–Crippen MR) is 66.0 cm³/mol. The minimum absolute atomic E-state index is 0.165. The summed E-state index contributed by atoms with van der Waals surface area (Å²) in [5, 5.41) is 5.72. The van der Waals surface area contributed by atoms with E-state index in [-0.39, 0.29) is 5.82 Å². The van der Waals surface area contributed by atoms with Crippen LogP contribution in [0.1, 0.15) is 5.56 Å². The molecule has 0 aliphatic rings. The number of hydrogen-bond donors (Lipinski definition) is 2. The molecular formula is C12H13FN4. The van der Waals surface area contributed by atoms with Crippen molar-refractivity contribution in [3.8, 4) is 0 Å². The number of hydrogen-bond acceptors (Lipinski definition) is 4. The maximum atomic E-state index is 13.5. The number of anilines is 3. The van der Waals surface area contributed by atoms with Gasteiger partial charge in [0, 0.05) is 12.7 Å². The van der Waals surface area contributed by atoms with E-state index in [9.17, 15) is 4.39 Å². The number of nitrogens with one attached hydrogen (secondary N) is 2. The van der Waals surface area contributed by atoms with Gasteiger partial charge in [0.05, 0.1) is 6.20 Å². The summed E-state index contributed by atoms with van der Waals surface area (Å²) in [6.45, 7) is 1.94. The van der Waals surface area contributed by atoms with Crippen molar-refractivity contribution in [1.29, 1.82) is 0 Å². The van der Waals surface area contributed by atoms with Gasteiger partial charge in [0.1, 0.15) is 0 Å². The van der Waals surface area contributed by atoms with Gasteiger partial charge in [-0.2, -0.15) is 4.98 Å². The molecule has 0 saturated heterocycles. The summed E-state index contributed by atoms with van der Waals surface area (Å²) in [5.41, 5.74) is 1.85. The molecule has 0 spiro atoms. The second-order valence-electron chi connectivity index (χ2n) is 3.58. The van der Waals surface area contributed by atoms with Gasteiger partial charge in [0.15, 0.2) is 11.6 Å². The van der Waals surface area contributed by atoms with Crippen LogP contribution in [0.25, 0.3) is 0 Å². The number of para-hydroxylation sites is 1. The minimum atomic E-state index is -0.479. The Bertz CT molecular complexity index is 528. The first-order chi connectivity index (χ1) is 8.20. The lowest BCUT2D eigenvalue weighted by atomic mass is 10.2. The summed E-state index contributed by atoms with van der Waals surface area (Å²) < 4.78 is 13.5. The van der Waals surface area contributed by atoms with Gasteiger partial charge in [-0.15, -0.1) is 0 Å². The van der Waals surface area contributed by atoms with Crippen LogP contribution in [-0.4, -0.2) is 17.0 Å². The van der Waals surface area contributed by atoms with E-state index in [0.717, 1.165) is 17.4 Å². The third-order valence-corrected chi connectivity index (χ3v) is 2.37. The number of rotatable bonds is 3. The monoisotopic (exact) mass is 232 g/mol. The van der Waals surface area contributed by atoms with Crippen LogP contribution in [0.15, 0.2) is 30.5 Å². The molecule has 0 aliphatic carbocycles. The number of halogens is 1. The van der Waals surface area contributed by atoms with E-state index in [2.05, 4.69) is 20.6 Å². The van der Waals surface area contributed by atoms with Crippen molar-refractivity contribution in [2.45, 2.75) is 6.92 Å². The Balaban J connectivity index is 2.32. The molecule has 4 nitrogen and oxygen atoms in total. The van der Waals surface area contributed by atoms with Crippen molar-refractivity contribution in [1.82, 2.24) is 9.97 Å². The van der Waals surface area contributed by atoms with Crippen LogP contribution < -0.4 is 10.6 Å². The number of nitrogens with zero attached hydrogens (tertiary/aromatic N) is 2. The highest BCUT2D eigenvalue weighted by Gasteiger charge is 2.07. The molecule has 2 aromatic rings. The fourth-order valence-electron chi connectivity index (χ4n) is 1.42. The van der Waals surface area contributed by atoms with Crippen LogP contribution in [0.2, 0.25) is 0 Å². The molecule has 1 aromatic heterocycles. The largest absolute Gasteiger partial charge is 0.357 e. The Labute approximate surface area is 98.9 Å². The summed E-state index contributed by atoms with van der Waals surface area (Å²) in [7, 11) is 1.69. The fourth-order valence-corrected chi connectivity index (χ4v) is 1.42. The zero-order valence-electron chi connectivity index (χ0n) is 9.66. The first-order valence-corrected chi connectivity index (χ1v) is 5.23. The lowest BCUT2D eigenvalue weighted by Gasteiger charge is -2.09. The molecule has 0 fully saturated rings. The molecule has 1 aromatic carbocycles. The number of benzene rings is 1. The molecule has 5 heteroatoms. The molecule has 0 atom stereocenters. The zero-order chi connectivity index (χ0) is 12.3. The molecule has 0 unspecified atom stereocenters. The summed E-state index contributed by atoms with van der Waals surface area (Å²) in [4.78, 5) is 7.80. The quantitative estimate of drug-likeness (QED) is 0.854. The highest BCUT2D eigenvalue weighted by molar-refractivity contribution is 5.61. The molecule has 17 heavy (non-hydrogen) atoms. The topological polar surface area (TPSA) is 49.8 Å². The number of aryl methyl sites for hydroxylation is 1. The Morgan fingerprint density at radius 1 is 1.24 bits per heavy atom. The third-order valence-electron chi connectivity index (χ3n) is 2.37. The van der Waals surface area contributed by atoms with E-state index in [1.807, 2.05) is 31.2 Å². The average Bonchev–Trinajstić information content (AvgIpc) is 2.35. The van der Waals surface area contributed by atoms with Gasteiger partial charge in [-0.1, -0.05) is 18.2 Å². The molecule has 2 N–H and O–H groups in total. The van der Waals surface area contributed by atoms with Gasteiger partial charge in [-0.25, -0.2) is 9.37 Å². The molecule has 0 radical (unpaired) electrons. The maximum absolute atomic E-state index is 13.5. The first kappa shape index (κ1) is 11.3. The van der Waals surface area contributed by atoms with Crippen molar-refractivity contribution in [2.24, 2.45) is 0 Å². The predicted octanol–water partition coefficient (Wildman–Crippen LogP) is 2.71. The van der Waals surface area contributed by atoms with Crippen LogP contribution in [0.5, 0.6) is 0 Å². The van der Waals surface area contributed by atoms with E-state index < -0.39 is 5.82 Å². The van der Waals surface area contributed by atoms with E-state index in [1.54, 1.807) is 7.05 Å². The van der Waals surface area contributed by atoms with Gasteiger partial charge in [-0.05, 0) is 18.6 Å². The van der Waals surface area contributed by atoms with Gasteiger partial charge in [0.25, 0.3) is 0 Å². The van der Waals surface area contributed by atoms with Gasteiger partial charge < -0.3 is 10.6 Å². The summed E-state index contributed by atoms with van der Waals surface area (Å²) >= 11 is 0. The average molecular weight is 232 g/mol. The second kappa shape index (κ2) is 4.78. The lowest BCUT2D eigenvalue weighted by Crippen LogP contribution is -2.03. The standard InChI is InChI=1S/C12H13FN4/c1-8-5-3-4-6-10(8)16-11-9(13)7-15-12(14-2)17-11/h3-7H,1-2H3,(H2,14,15,16,17). The van der Waals surface area contributed by atoms with Crippen LogP contribution in [-0.2, 0) is 0 Å². The van der Waals surface area contributed by atoms with Crippen molar-refractivity contribution in [3.05, 3.63) is 41.8 Å². The molecule has 2 rings (SSSR count). The van der Waals surface area contributed by atoms with Crippen molar-refractivity contribution in [3.63, 3.8) is 0 Å². The maximum Gasteiger partial charge on any atom is 0.224 e. The Kier molecular flexibility index (Phi) is 3.18. The van der Waals surface area contributed by atoms with Crippen molar-refractivity contribution < 1.29 is 4.39 Å². The Morgan fingerprint density at radius 2 is 2.00 bits per heavy atom. The molecule has 1 heterocycles. The lowest BCUT2D eigenvalue weighted by molar-refractivity contribution is 0.619. The molecule has 0 aliphatic heterocycles. The summed E-state index contributed by atoms with van der Waals surface area (Å²) in [6.07, 6.45) is 1.14. The first-order valence-electron chi connectivity index (χ1n) is 5.23.